The normalized spacial score (nSPS) is 11.0. The molecule has 0 unspecified atom stereocenters. The maximum Gasteiger partial charge on any atom is 0.160 e. The van der Waals surface area contributed by atoms with Crippen LogP contribution in [0.1, 0.15) is 36.6 Å². The second-order valence-electron chi connectivity index (χ2n) is 4.83. The minimum Gasteiger partial charge on any atom is -0.233 e. The molecular formula is C15H17BrN2. The van der Waals surface area contributed by atoms with Crippen molar-refractivity contribution < 1.29 is 0 Å². The van der Waals surface area contributed by atoms with Crippen molar-refractivity contribution in [2.24, 2.45) is 0 Å². The highest BCUT2D eigenvalue weighted by molar-refractivity contribution is 9.10. The molecule has 1 heterocycles. The molecule has 0 N–H and O–H groups in total. The maximum absolute atomic E-state index is 4.54. The first-order valence-corrected chi connectivity index (χ1v) is 6.89. The zero-order valence-corrected chi connectivity index (χ0v) is 12.7. The summed E-state index contributed by atoms with van der Waals surface area (Å²) in [6.45, 7) is 8.41. The van der Waals surface area contributed by atoms with E-state index in [2.05, 4.69) is 64.0 Å². The number of aryl methyl sites for hydroxylation is 1. The van der Waals surface area contributed by atoms with Gasteiger partial charge < -0.3 is 0 Å². The molecule has 0 aliphatic heterocycles. The average Bonchev–Trinajstić information content (AvgIpc) is 2.35. The molecule has 0 aliphatic rings. The standard InChI is InChI=1S/C15H17BrN2/c1-9(2)12-5-7-13(8-6-12)15-17-11(4)10(3)14(16)18-15/h5-9H,1-4H3. The van der Waals surface area contributed by atoms with Crippen LogP contribution in [0.2, 0.25) is 0 Å². The van der Waals surface area contributed by atoms with Crippen molar-refractivity contribution in [2.75, 3.05) is 0 Å². The van der Waals surface area contributed by atoms with E-state index in [1.54, 1.807) is 0 Å². The summed E-state index contributed by atoms with van der Waals surface area (Å²) in [4.78, 5) is 9.02. The van der Waals surface area contributed by atoms with Gasteiger partial charge in [0.05, 0.1) is 0 Å². The second-order valence-corrected chi connectivity index (χ2v) is 5.58. The van der Waals surface area contributed by atoms with Crippen molar-refractivity contribution >= 4 is 15.9 Å². The van der Waals surface area contributed by atoms with Crippen LogP contribution >= 0.6 is 15.9 Å². The summed E-state index contributed by atoms with van der Waals surface area (Å²) in [5, 5.41) is 0. The topological polar surface area (TPSA) is 25.8 Å². The molecule has 2 aromatic rings. The van der Waals surface area contributed by atoms with Crippen molar-refractivity contribution in [3.8, 4) is 11.4 Å². The molecule has 0 spiro atoms. The minimum absolute atomic E-state index is 0.548. The van der Waals surface area contributed by atoms with E-state index in [4.69, 9.17) is 0 Å². The van der Waals surface area contributed by atoms with E-state index in [0.717, 1.165) is 27.2 Å². The molecule has 3 heteroatoms. The predicted octanol–water partition coefficient (Wildman–Crippen LogP) is 4.65. The molecule has 0 saturated heterocycles. The lowest BCUT2D eigenvalue weighted by molar-refractivity contribution is 0.866. The van der Waals surface area contributed by atoms with Crippen LogP contribution in [0.4, 0.5) is 0 Å². The number of halogens is 1. The Labute approximate surface area is 117 Å². The molecule has 0 aliphatic carbocycles. The fourth-order valence-electron chi connectivity index (χ4n) is 1.74. The molecule has 1 aromatic heterocycles. The van der Waals surface area contributed by atoms with Gasteiger partial charge in [-0.3, -0.25) is 0 Å². The Hall–Kier alpha value is -1.22. The van der Waals surface area contributed by atoms with E-state index in [0.29, 0.717) is 5.92 Å². The molecule has 1 aromatic carbocycles. The van der Waals surface area contributed by atoms with Crippen LogP contribution < -0.4 is 0 Å². The van der Waals surface area contributed by atoms with Crippen LogP contribution in [0, 0.1) is 13.8 Å². The van der Waals surface area contributed by atoms with Crippen LogP contribution in [-0.4, -0.2) is 9.97 Å². The molecule has 18 heavy (non-hydrogen) atoms. The number of hydrogen-bond donors (Lipinski definition) is 0. The molecule has 0 bridgehead atoms. The average molecular weight is 305 g/mol. The first kappa shape index (κ1) is 13.2. The number of aromatic nitrogens is 2. The molecular weight excluding hydrogens is 288 g/mol. The van der Waals surface area contributed by atoms with Crippen LogP contribution in [0.3, 0.4) is 0 Å². The highest BCUT2D eigenvalue weighted by Gasteiger charge is 2.08. The van der Waals surface area contributed by atoms with Gasteiger partial charge >= 0.3 is 0 Å². The number of benzene rings is 1. The fourth-order valence-corrected chi connectivity index (χ4v) is 2.19. The number of nitrogens with zero attached hydrogens (tertiary/aromatic N) is 2. The van der Waals surface area contributed by atoms with Gasteiger partial charge in [0, 0.05) is 16.8 Å². The minimum atomic E-state index is 0.548. The molecule has 0 saturated carbocycles. The summed E-state index contributed by atoms with van der Waals surface area (Å²) >= 11 is 3.48. The lowest BCUT2D eigenvalue weighted by atomic mass is 10.0. The van der Waals surface area contributed by atoms with E-state index < -0.39 is 0 Å². The summed E-state index contributed by atoms with van der Waals surface area (Å²) < 4.78 is 0.873. The first-order chi connectivity index (χ1) is 8.49. The maximum atomic E-state index is 4.54. The van der Waals surface area contributed by atoms with Crippen LogP contribution in [0.15, 0.2) is 28.9 Å². The van der Waals surface area contributed by atoms with Crippen molar-refractivity contribution in [1.82, 2.24) is 9.97 Å². The Bertz CT molecular complexity index is 536. The van der Waals surface area contributed by atoms with Gasteiger partial charge in [-0.2, -0.15) is 0 Å². The van der Waals surface area contributed by atoms with E-state index in [9.17, 15) is 0 Å². The Kier molecular flexibility index (Phi) is 3.81. The van der Waals surface area contributed by atoms with Crippen LogP contribution in [-0.2, 0) is 0 Å². The third-order valence-corrected chi connectivity index (χ3v) is 3.94. The van der Waals surface area contributed by atoms with Crippen molar-refractivity contribution in [2.45, 2.75) is 33.6 Å². The summed E-state index contributed by atoms with van der Waals surface area (Å²) in [7, 11) is 0. The SMILES string of the molecule is Cc1nc(-c2ccc(C(C)C)cc2)nc(Br)c1C. The Balaban J connectivity index is 2.43. The summed E-state index contributed by atoms with van der Waals surface area (Å²) in [5.41, 5.74) is 4.50. The highest BCUT2D eigenvalue weighted by Crippen LogP contribution is 2.23. The fraction of sp³-hybridized carbons (Fsp3) is 0.333. The van der Waals surface area contributed by atoms with E-state index in [1.807, 2.05) is 13.8 Å². The Morgan fingerprint density at radius 3 is 2.11 bits per heavy atom. The first-order valence-electron chi connectivity index (χ1n) is 6.10. The van der Waals surface area contributed by atoms with E-state index in [1.165, 1.54) is 5.56 Å². The third-order valence-electron chi connectivity index (χ3n) is 3.17. The summed E-state index contributed by atoms with van der Waals surface area (Å²) in [6.07, 6.45) is 0. The Morgan fingerprint density at radius 1 is 1.00 bits per heavy atom. The van der Waals surface area contributed by atoms with Gasteiger partial charge in [-0.15, -0.1) is 0 Å². The van der Waals surface area contributed by atoms with Crippen LogP contribution in [0.25, 0.3) is 11.4 Å². The predicted molar refractivity (Wildman–Crippen MR) is 78.7 cm³/mol. The highest BCUT2D eigenvalue weighted by atomic mass is 79.9. The van der Waals surface area contributed by atoms with Crippen molar-refractivity contribution in [1.29, 1.82) is 0 Å². The van der Waals surface area contributed by atoms with Crippen molar-refractivity contribution in [3.63, 3.8) is 0 Å². The Morgan fingerprint density at radius 2 is 1.61 bits per heavy atom. The molecule has 0 amide bonds. The van der Waals surface area contributed by atoms with E-state index in [-0.39, 0.29) is 0 Å². The molecule has 94 valence electrons. The molecule has 2 nitrogen and oxygen atoms in total. The third kappa shape index (κ3) is 2.61. The van der Waals surface area contributed by atoms with Crippen molar-refractivity contribution in [3.05, 3.63) is 45.7 Å². The number of hydrogen-bond acceptors (Lipinski definition) is 2. The molecule has 0 radical (unpaired) electrons. The van der Waals surface area contributed by atoms with Gasteiger partial charge in [-0.25, -0.2) is 9.97 Å². The van der Waals surface area contributed by atoms with Gasteiger partial charge in [0.2, 0.25) is 0 Å². The zero-order chi connectivity index (χ0) is 13.3. The van der Waals surface area contributed by atoms with Gasteiger partial charge in [-0.1, -0.05) is 38.1 Å². The number of rotatable bonds is 2. The molecule has 0 fully saturated rings. The van der Waals surface area contributed by atoms with Gasteiger partial charge in [-0.05, 0) is 41.3 Å². The molecule has 2 rings (SSSR count). The lowest BCUT2D eigenvalue weighted by Crippen LogP contribution is -1.97. The van der Waals surface area contributed by atoms with Gasteiger partial charge in [0.1, 0.15) is 4.60 Å². The summed E-state index contributed by atoms with van der Waals surface area (Å²) in [6, 6.07) is 8.47. The lowest BCUT2D eigenvalue weighted by Gasteiger charge is -2.08. The van der Waals surface area contributed by atoms with Crippen LogP contribution in [0.5, 0.6) is 0 Å². The monoisotopic (exact) mass is 304 g/mol. The van der Waals surface area contributed by atoms with Gasteiger partial charge in [0.15, 0.2) is 5.82 Å². The molecule has 0 atom stereocenters. The zero-order valence-electron chi connectivity index (χ0n) is 11.2. The largest absolute Gasteiger partial charge is 0.233 e. The quantitative estimate of drug-likeness (QED) is 0.755. The summed E-state index contributed by atoms with van der Waals surface area (Å²) in [5.74, 6) is 1.33. The van der Waals surface area contributed by atoms with Gasteiger partial charge in [0.25, 0.3) is 0 Å². The van der Waals surface area contributed by atoms with E-state index >= 15 is 0 Å². The second kappa shape index (κ2) is 5.19. The smallest absolute Gasteiger partial charge is 0.160 e.